The number of thioether (sulfide) groups is 1. The molecule has 0 atom stereocenters. The Bertz CT molecular complexity index is 1370. The summed E-state index contributed by atoms with van der Waals surface area (Å²) in [4.78, 5) is 30.6. The number of aryl methyl sites for hydroxylation is 1. The van der Waals surface area contributed by atoms with E-state index in [9.17, 15) is 9.59 Å². The van der Waals surface area contributed by atoms with Gasteiger partial charge in [-0.15, -0.1) is 0 Å². The number of amides is 1. The molecular formula is C25H24ClN3O5S. The highest BCUT2D eigenvalue weighted by atomic mass is 35.5. The average molecular weight is 514 g/mol. The number of methoxy groups -OCH3 is 2. The molecule has 8 nitrogen and oxygen atoms in total. The third kappa shape index (κ3) is 5.98. The Morgan fingerprint density at radius 1 is 1.14 bits per heavy atom. The average Bonchev–Trinajstić information content (AvgIpc) is 3.40. The van der Waals surface area contributed by atoms with Crippen LogP contribution in [0.4, 0.5) is 0 Å². The number of nitrogens with zero attached hydrogens (tertiary/aromatic N) is 2. The molecule has 0 bridgehead atoms. The minimum atomic E-state index is -0.219. The van der Waals surface area contributed by atoms with Gasteiger partial charge in [-0.3, -0.25) is 14.2 Å². The number of rotatable bonds is 10. The summed E-state index contributed by atoms with van der Waals surface area (Å²) in [6, 6.07) is 14.3. The van der Waals surface area contributed by atoms with Crippen molar-refractivity contribution in [2.24, 2.45) is 0 Å². The molecule has 0 fully saturated rings. The summed E-state index contributed by atoms with van der Waals surface area (Å²) in [5.41, 5.74) is 1.28. The van der Waals surface area contributed by atoms with Crippen molar-refractivity contribution in [3.8, 4) is 11.5 Å². The van der Waals surface area contributed by atoms with E-state index in [4.69, 9.17) is 30.5 Å². The number of carbonyl (C=O) groups is 1. The van der Waals surface area contributed by atoms with Gasteiger partial charge in [0.2, 0.25) is 5.91 Å². The first-order valence-electron chi connectivity index (χ1n) is 10.8. The van der Waals surface area contributed by atoms with Gasteiger partial charge < -0.3 is 19.2 Å². The molecule has 0 saturated carbocycles. The van der Waals surface area contributed by atoms with Gasteiger partial charge in [-0.25, -0.2) is 4.98 Å². The van der Waals surface area contributed by atoms with Crippen LogP contribution in [-0.2, 0) is 24.3 Å². The highest BCUT2D eigenvalue weighted by molar-refractivity contribution is 7.99. The fourth-order valence-corrected chi connectivity index (χ4v) is 4.49. The Morgan fingerprint density at radius 2 is 1.89 bits per heavy atom. The number of carbonyl (C=O) groups excluding carboxylic acids is 1. The first kappa shape index (κ1) is 24.7. The zero-order valence-corrected chi connectivity index (χ0v) is 20.8. The van der Waals surface area contributed by atoms with Crippen LogP contribution in [0.15, 0.2) is 69.2 Å². The van der Waals surface area contributed by atoms with E-state index < -0.39 is 0 Å². The third-order valence-corrected chi connectivity index (χ3v) is 6.56. The Labute approximate surface area is 211 Å². The molecule has 35 heavy (non-hydrogen) atoms. The lowest BCUT2D eigenvalue weighted by atomic mass is 10.1. The van der Waals surface area contributed by atoms with E-state index in [1.54, 1.807) is 35.1 Å². The monoisotopic (exact) mass is 513 g/mol. The lowest BCUT2D eigenvalue weighted by molar-refractivity contribution is -0.118. The zero-order valence-electron chi connectivity index (χ0n) is 19.2. The van der Waals surface area contributed by atoms with E-state index in [0.717, 1.165) is 5.56 Å². The second kappa shape index (κ2) is 11.3. The van der Waals surface area contributed by atoms with Crippen molar-refractivity contribution in [2.75, 3.05) is 20.0 Å². The van der Waals surface area contributed by atoms with Gasteiger partial charge in [-0.1, -0.05) is 35.5 Å². The number of fused-ring (bicyclic) bond motifs is 1. The molecule has 0 aliphatic carbocycles. The van der Waals surface area contributed by atoms with E-state index in [2.05, 4.69) is 5.32 Å². The van der Waals surface area contributed by atoms with Crippen LogP contribution in [0.2, 0.25) is 5.02 Å². The molecular weight excluding hydrogens is 490 g/mol. The molecule has 0 radical (unpaired) electrons. The van der Waals surface area contributed by atoms with Crippen LogP contribution in [-0.4, -0.2) is 35.4 Å². The Hall–Kier alpha value is -3.43. The fraction of sp³-hybridized carbons (Fsp3) is 0.240. The highest BCUT2D eigenvalue weighted by Gasteiger charge is 2.17. The van der Waals surface area contributed by atoms with Gasteiger partial charge in [0.1, 0.15) is 5.76 Å². The molecule has 0 spiro atoms. The molecule has 2 aromatic heterocycles. The summed E-state index contributed by atoms with van der Waals surface area (Å²) in [7, 11) is 3.04. The minimum absolute atomic E-state index is 0.0902. The van der Waals surface area contributed by atoms with Crippen molar-refractivity contribution < 1.29 is 18.7 Å². The molecule has 4 rings (SSSR count). The van der Waals surface area contributed by atoms with Gasteiger partial charge in [0.25, 0.3) is 5.56 Å². The standard InChI is InChI=1S/C25H24ClN3O5S/c1-32-21-12-19-20(13-22(21)33-2)28-25(35-15-23(30)27-14-18-4-3-11-34-18)29(24(19)31)10-9-16-5-7-17(26)8-6-16/h3-8,11-13H,9-10,14-15H2,1-2H3,(H,27,30). The first-order valence-corrected chi connectivity index (χ1v) is 12.2. The van der Waals surface area contributed by atoms with Crippen molar-refractivity contribution >= 4 is 40.2 Å². The lowest BCUT2D eigenvalue weighted by Gasteiger charge is -2.15. The van der Waals surface area contributed by atoms with Gasteiger partial charge in [0.05, 0.1) is 43.7 Å². The second-order valence-electron chi connectivity index (χ2n) is 7.60. The summed E-state index contributed by atoms with van der Waals surface area (Å²) in [6.07, 6.45) is 2.15. The summed E-state index contributed by atoms with van der Waals surface area (Å²) in [5.74, 6) is 1.47. The van der Waals surface area contributed by atoms with Crippen molar-refractivity contribution in [1.29, 1.82) is 0 Å². The van der Waals surface area contributed by atoms with Gasteiger partial charge in [-0.05, 0) is 42.3 Å². The Kier molecular flexibility index (Phi) is 7.99. The number of ether oxygens (including phenoxy) is 2. The smallest absolute Gasteiger partial charge is 0.262 e. The molecule has 4 aromatic rings. The number of hydrogen-bond acceptors (Lipinski definition) is 7. The van der Waals surface area contributed by atoms with Crippen LogP contribution in [0.3, 0.4) is 0 Å². The van der Waals surface area contributed by atoms with E-state index in [-0.39, 0.29) is 23.8 Å². The fourth-order valence-electron chi connectivity index (χ4n) is 3.51. The molecule has 0 aliphatic rings. The quantitative estimate of drug-likeness (QED) is 0.249. The van der Waals surface area contributed by atoms with Gasteiger partial charge in [-0.2, -0.15) is 0 Å². The largest absolute Gasteiger partial charge is 0.493 e. The van der Waals surface area contributed by atoms with Crippen molar-refractivity contribution in [1.82, 2.24) is 14.9 Å². The number of aromatic nitrogens is 2. The summed E-state index contributed by atoms with van der Waals surface area (Å²) < 4.78 is 17.6. The van der Waals surface area contributed by atoms with E-state index >= 15 is 0 Å². The van der Waals surface area contributed by atoms with Crippen molar-refractivity contribution in [2.45, 2.75) is 24.7 Å². The molecule has 0 saturated heterocycles. The summed E-state index contributed by atoms with van der Waals surface area (Å²) >= 11 is 7.19. The number of benzene rings is 2. The maximum atomic E-state index is 13.5. The third-order valence-electron chi connectivity index (χ3n) is 5.33. The predicted octanol–water partition coefficient (Wildman–Crippen LogP) is 4.31. The maximum Gasteiger partial charge on any atom is 0.262 e. The number of furan rings is 1. The number of halogens is 1. The van der Waals surface area contributed by atoms with Crippen LogP contribution >= 0.6 is 23.4 Å². The zero-order chi connectivity index (χ0) is 24.8. The van der Waals surface area contributed by atoms with Crippen LogP contribution in [0, 0.1) is 0 Å². The molecule has 0 unspecified atom stereocenters. The molecule has 1 amide bonds. The highest BCUT2D eigenvalue weighted by Crippen LogP contribution is 2.31. The van der Waals surface area contributed by atoms with Crippen molar-refractivity contribution in [3.63, 3.8) is 0 Å². The first-order chi connectivity index (χ1) is 17.0. The van der Waals surface area contributed by atoms with Crippen LogP contribution in [0.5, 0.6) is 11.5 Å². The minimum Gasteiger partial charge on any atom is -0.493 e. The van der Waals surface area contributed by atoms with Crippen LogP contribution in [0.1, 0.15) is 11.3 Å². The maximum absolute atomic E-state index is 13.5. The number of hydrogen-bond donors (Lipinski definition) is 1. The van der Waals surface area contributed by atoms with Gasteiger partial charge in [0, 0.05) is 17.6 Å². The Morgan fingerprint density at radius 3 is 2.57 bits per heavy atom. The predicted molar refractivity (Wildman–Crippen MR) is 136 cm³/mol. The van der Waals surface area contributed by atoms with E-state index in [0.29, 0.717) is 51.3 Å². The van der Waals surface area contributed by atoms with E-state index in [1.165, 1.54) is 26.0 Å². The molecule has 2 heterocycles. The van der Waals surface area contributed by atoms with Gasteiger partial charge in [0.15, 0.2) is 16.7 Å². The normalized spacial score (nSPS) is 10.9. The molecule has 182 valence electrons. The van der Waals surface area contributed by atoms with Crippen LogP contribution < -0.4 is 20.3 Å². The SMILES string of the molecule is COc1cc2nc(SCC(=O)NCc3ccco3)n(CCc3ccc(Cl)cc3)c(=O)c2cc1OC. The van der Waals surface area contributed by atoms with E-state index in [1.807, 2.05) is 24.3 Å². The summed E-state index contributed by atoms with van der Waals surface area (Å²) in [5, 5.41) is 4.30. The number of nitrogens with one attached hydrogen (secondary N) is 1. The molecule has 0 aliphatic heterocycles. The Balaban J connectivity index is 1.62. The molecule has 2 aromatic carbocycles. The molecule has 10 heteroatoms. The molecule has 1 N–H and O–H groups in total. The van der Waals surface area contributed by atoms with Crippen molar-refractivity contribution in [3.05, 3.63) is 81.5 Å². The summed E-state index contributed by atoms with van der Waals surface area (Å²) in [6.45, 7) is 0.673. The second-order valence-corrected chi connectivity index (χ2v) is 8.98. The topological polar surface area (TPSA) is 95.6 Å². The van der Waals surface area contributed by atoms with Crippen LogP contribution in [0.25, 0.3) is 10.9 Å². The lowest BCUT2D eigenvalue weighted by Crippen LogP contribution is -2.27. The van der Waals surface area contributed by atoms with Gasteiger partial charge >= 0.3 is 0 Å².